The monoisotopic (exact) mass is 461 g/mol. The van der Waals surface area contributed by atoms with E-state index in [2.05, 4.69) is 26.1 Å². The SMILES string of the molecule is CC(C)(C)c1ccc(C(=O)Nc2cccc(CN(CCCN)C(=O)c3cccc(F)c3)c2)cc1. The maximum absolute atomic E-state index is 13.6. The number of halogens is 1. The first-order valence-corrected chi connectivity index (χ1v) is 11.4. The van der Waals surface area contributed by atoms with Gasteiger partial charge in [-0.05, 0) is 72.0 Å². The molecule has 0 aliphatic carbocycles. The van der Waals surface area contributed by atoms with E-state index in [9.17, 15) is 14.0 Å². The summed E-state index contributed by atoms with van der Waals surface area (Å²) in [5.74, 6) is -0.917. The van der Waals surface area contributed by atoms with Crippen LogP contribution in [0.1, 0.15) is 59.0 Å². The molecule has 3 N–H and O–H groups in total. The van der Waals surface area contributed by atoms with Crippen LogP contribution in [-0.4, -0.2) is 29.8 Å². The molecular weight excluding hydrogens is 429 g/mol. The summed E-state index contributed by atoms with van der Waals surface area (Å²) in [7, 11) is 0. The molecule has 0 saturated heterocycles. The van der Waals surface area contributed by atoms with Crippen molar-refractivity contribution in [1.29, 1.82) is 0 Å². The molecule has 3 aromatic rings. The molecule has 0 spiro atoms. The zero-order valence-corrected chi connectivity index (χ0v) is 20.0. The molecule has 0 saturated carbocycles. The molecule has 0 aromatic heterocycles. The second-order valence-corrected chi connectivity index (χ2v) is 9.36. The summed E-state index contributed by atoms with van der Waals surface area (Å²) in [5, 5.41) is 2.93. The van der Waals surface area contributed by atoms with Crippen LogP contribution in [0.3, 0.4) is 0 Å². The number of nitrogens with zero attached hydrogens (tertiary/aromatic N) is 1. The maximum Gasteiger partial charge on any atom is 0.255 e. The predicted octanol–water partition coefficient (Wildman–Crippen LogP) is 5.37. The van der Waals surface area contributed by atoms with Crippen LogP contribution in [-0.2, 0) is 12.0 Å². The first-order chi connectivity index (χ1) is 16.2. The number of nitrogens with one attached hydrogen (secondary N) is 1. The first kappa shape index (κ1) is 25.1. The van der Waals surface area contributed by atoms with Crippen molar-refractivity contribution in [2.75, 3.05) is 18.4 Å². The molecule has 3 aromatic carbocycles. The third kappa shape index (κ3) is 6.75. The molecule has 0 bridgehead atoms. The van der Waals surface area contributed by atoms with E-state index in [1.165, 1.54) is 18.2 Å². The van der Waals surface area contributed by atoms with Crippen LogP contribution in [0.15, 0.2) is 72.8 Å². The summed E-state index contributed by atoms with van der Waals surface area (Å²) in [4.78, 5) is 27.4. The predicted molar refractivity (Wildman–Crippen MR) is 134 cm³/mol. The third-order valence-electron chi connectivity index (χ3n) is 5.56. The van der Waals surface area contributed by atoms with Gasteiger partial charge in [0.15, 0.2) is 0 Å². The minimum Gasteiger partial charge on any atom is -0.334 e. The van der Waals surface area contributed by atoms with Gasteiger partial charge in [-0.15, -0.1) is 0 Å². The number of anilines is 1. The Morgan fingerprint density at radius 2 is 1.65 bits per heavy atom. The van der Waals surface area contributed by atoms with Gasteiger partial charge in [0.05, 0.1) is 0 Å². The second-order valence-electron chi connectivity index (χ2n) is 9.36. The van der Waals surface area contributed by atoms with Crippen LogP contribution in [0, 0.1) is 5.82 Å². The van der Waals surface area contributed by atoms with E-state index in [-0.39, 0.29) is 17.2 Å². The van der Waals surface area contributed by atoms with E-state index in [0.717, 1.165) is 11.1 Å². The van der Waals surface area contributed by atoms with Crippen LogP contribution in [0.25, 0.3) is 0 Å². The number of rotatable bonds is 8. The van der Waals surface area contributed by atoms with E-state index in [4.69, 9.17) is 5.73 Å². The van der Waals surface area contributed by atoms with Gasteiger partial charge in [-0.1, -0.05) is 51.1 Å². The van der Waals surface area contributed by atoms with Crippen molar-refractivity contribution in [3.8, 4) is 0 Å². The molecule has 0 aliphatic rings. The molecule has 6 heteroatoms. The number of hydrogen-bond donors (Lipinski definition) is 2. The van der Waals surface area contributed by atoms with E-state index < -0.39 is 5.82 Å². The van der Waals surface area contributed by atoms with Crippen molar-refractivity contribution in [2.45, 2.75) is 39.2 Å². The minimum absolute atomic E-state index is 0.0159. The largest absolute Gasteiger partial charge is 0.334 e. The summed E-state index contributed by atoms with van der Waals surface area (Å²) >= 11 is 0. The first-order valence-electron chi connectivity index (χ1n) is 11.4. The van der Waals surface area contributed by atoms with Crippen LogP contribution in [0.5, 0.6) is 0 Å². The molecule has 0 heterocycles. The van der Waals surface area contributed by atoms with E-state index in [1.807, 2.05) is 48.5 Å². The van der Waals surface area contributed by atoms with E-state index in [1.54, 1.807) is 11.0 Å². The van der Waals surface area contributed by atoms with Crippen LogP contribution in [0.4, 0.5) is 10.1 Å². The van der Waals surface area contributed by atoms with Gasteiger partial charge in [0, 0.05) is 29.9 Å². The Labute approximate surface area is 200 Å². The van der Waals surface area contributed by atoms with E-state index in [0.29, 0.717) is 42.9 Å². The smallest absolute Gasteiger partial charge is 0.255 e. The van der Waals surface area contributed by atoms with Gasteiger partial charge in [-0.25, -0.2) is 4.39 Å². The molecule has 2 amide bonds. The standard InChI is InChI=1S/C28H32FN3O2/c1-28(2,3)23-13-11-21(12-14-23)26(33)31-25-10-4-7-20(17-25)19-32(16-6-15-30)27(34)22-8-5-9-24(29)18-22/h4-5,7-14,17-18H,6,15-16,19,30H2,1-3H3,(H,31,33). The van der Waals surface area contributed by atoms with Crippen molar-refractivity contribution in [3.05, 3.63) is 101 Å². The van der Waals surface area contributed by atoms with Crippen LogP contribution in [0.2, 0.25) is 0 Å². The Balaban J connectivity index is 1.73. The molecular formula is C28H32FN3O2. The normalized spacial score (nSPS) is 11.2. The fourth-order valence-corrected chi connectivity index (χ4v) is 3.63. The number of carbonyl (C=O) groups is 2. The van der Waals surface area contributed by atoms with Crippen molar-refractivity contribution in [3.63, 3.8) is 0 Å². The summed E-state index contributed by atoms with van der Waals surface area (Å²) in [6.07, 6.45) is 0.627. The molecule has 3 rings (SSSR count). The number of hydrogen-bond acceptors (Lipinski definition) is 3. The second kappa shape index (κ2) is 11.1. The average Bonchev–Trinajstić information content (AvgIpc) is 2.81. The summed E-state index contributed by atoms with van der Waals surface area (Å²) in [6.45, 7) is 7.59. The molecule has 0 aliphatic heterocycles. The minimum atomic E-state index is -0.454. The number of benzene rings is 3. The molecule has 0 atom stereocenters. The molecule has 34 heavy (non-hydrogen) atoms. The van der Waals surface area contributed by atoms with Crippen molar-refractivity contribution in [2.24, 2.45) is 5.73 Å². The van der Waals surface area contributed by atoms with Crippen molar-refractivity contribution >= 4 is 17.5 Å². The van der Waals surface area contributed by atoms with Gasteiger partial charge in [-0.3, -0.25) is 9.59 Å². The molecule has 0 unspecified atom stereocenters. The average molecular weight is 462 g/mol. The molecule has 0 fully saturated rings. The fourth-order valence-electron chi connectivity index (χ4n) is 3.63. The zero-order valence-electron chi connectivity index (χ0n) is 20.0. The topological polar surface area (TPSA) is 75.4 Å². The third-order valence-corrected chi connectivity index (χ3v) is 5.56. The number of nitrogens with two attached hydrogens (primary N) is 1. The summed E-state index contributed by atoms with van der Waals surface area (Å²) in [5.41, 5.74) is 9.18. The molecule has 0 radical (unpaired) electrons. The lowest BCUT2D eigenvalue weighted by atomic mass is 9.87. The van der Waals surface area contributed by atoms with Crippen molar-refractivity contribution < 1.29 is 14.0 Å². The van der Waals surface area contributed by atoms with Crippen LogP contribution >= 0.6 is 0 Å². The lowest BCUT2D eigenvalue weighted by molar-refractivity contribution is 0.0741. The Hall–Kier alpha value is -3.51. The van der Waals surface area contributed by atoms with Gasteiger partial charge in [0.25, 0.3) is 11.8 Å². The highest BCUT2D eigenvalue weighted by molar-refractivity contribution is 6.04. The quantitative estimate of drug-likeness (QED) is 0.474. The Bertz CT molecular complexity index is 1140. The fraction of sp³-hybridized carbons (Fsp3) is 0.286. The highest BCUT2D eigenvalue weighted by Gasteiger charge is 2.17. The summed E-state index contributed by atoms with van der Waals surface area (Å²) in [6, 6.07) is 20.6. The number of amides is 2. The van der Waals surface area contributed by atoms with Gasteiger partial charge in [0.2, 0.25) is 0 Å². The highest BCUT2D eigenvalue weighted by Crippen LogP contribution is 2.23. The van der Waals surface area contributed by atoms with Gasteiger partial charge in [-0.2, -0.15) is 0 Å². The van der Waals surface area contributed by atoms with Crippen LogP contribution < -0.4 is 11.1 Å². The molecule has 5 nitrogen and oxygen atoms in total. The van der Waals surface area contributed by atoms with Gasteiger partial charge in [0.1, 0.15) is 5.82 Å². The lowest BCUT2D eigenvalue weighted by Crippen LogP contribution is -2.32. The lowest BCUT2D eigenvalue weighted by Gasteiger charge is -2.23. The van der Waals surface area contributed by atoms with Gasteiger partial charge < -0.3 is 16.0 Å². The number of carbonyl (C=O) groups excluding carboxylic acids is 2. The maximum atomic E-state index is 13.6. The Morgan fingerprint density at radius 3 is 2.29 bits per heavy atom. The Morgan fingerprint density at radius 1 is 0.941 bits per heavy atom. The highest BCUT2D eigenvalue weighted by atomic mass is 19.1. The van der Waals surface area contributed by atoms with Crippen molar-refractivity contribution in [1.82, 2.24) is 4.90 Å². The van der Waals surface area contributed by atoms with E-state index >= 15 is 0 Å². The van der Waals surface area contributed by atoms with Gasteiger partial charge >= 0.3 is 0 Å². The summed E-state index contributed by atoms with van der Waals surface area (Å²) < 4.78 is 13.6. The Kier molecular flexibility index (Phi) is 8.18. The zero-order chi connectivity index (χ0) is 24.7. The molecule has 178 valence electrons.